The number of alkyl halides is 6. The fraction of sp³-hybridized carbons (Fsp3) is 0.500. The molecule has 0 aromatic carbocycles. The van der Waals surface area contributed by atoms with E-state index in [2.05, 4.69) is 0 Å². The van der Waals surface area contributed by atoms with E-state index in [4.69, 9.17) is 0 Å². The van der Waals surface area contributed by atoms with Gasteiger partial charge in [0.2, 0.25) is 5.83 Å². The molecule has 0 aliphatic rings. The lowest BCUT2D eigenvalue weighted by atomic mass is 10.4. The molecule has 0 aromatic rings. The van der Waals surface area contributed by atoms with Gasteiger partial charge in [0, 0.05) is 0 Å². The Hall–Kier alpha value is -0.270. The average molecular weight is 261 g/mol. The van der Waals surface area contributed by atoms with Crippen molar-refractivity contribution < 1.29 is 30.7 Å². The molecule has 12 heavy (non-hydrogen) atoms. The van der Waals surface area contributed by atoms with Gasteiger partial charge in [-0.3, -0.25) is 0 Å². The zero-order valence-corrected chi connectivity index (χ0v) is 6.61. The van der Waals surface area contributed by atoms with Crippen LogP contribution in [-0.2, 0) is 0 Å². The molecule has 8 heteroatoms. The molecule has 0 saturated heterocycles. The maximum Gasteiger partial charge on any atom is 0.444 e. The zero-order valence-electron chi connectivity index (χ0n) is 5.02. The summed E-state index contributed by atoms with van der Waals surface area (Å²) in [6.07, 6.45) is -11.0. The number of rotatable bonds is 0. The van der Waals surface area contributed by atoms with Gasteiger partial charge in [-0.15, -0.1) is 0 Å². The van der Waals surface area contributed by atoms with Crippen LogP contribution in [0.3, 0.4) is 0 Å². The highest BCUT2D eigenvalue weighted by atomic mass is 79.9. The first-order chi connectivity index (χ1) is 5.07. The smallest absolute Gasteiger partial charge is 0.201 e. The summed E-state index contributed by atoms with van der Waals surface area (Å²) in [5.74, 6) is -3.19. The molecule has 0 saturated carbocycles. The molecule has 0 heterocycles. The van der Waals surface area contributed by atoms with E-state index in [0.29, 0.717) is 0 Å². The van der Waals surface area contributed by atoms with Crippen molar-refractivity contribution in [2.45, 2.75) is 12.4 Å². The van der Waals surface area contributed by atoms with E-state index in [9.17, 15) is 30.7 Å². The second kappa shape index (κ2) is 3.23. The fourth-order valence-electron chi connectivity index (χ4n) is 0.249. The van der Waals surface area contributed by atoms with Crippen LogP contribution >= 0.6 is 15.9 Å². The van der Waals surface area contributed by atoms with Crippen molar-refractivity contribution in [3.63, 3.8) is 0 Å². The molecule has 0 aliphatic carbocycles. The van der Waals surface area contributed by atoms with Crippen LogP contribution in [0, 0.1) is 0 Å². The Balaban J connectivity index is 4.96. The number of hydrogen-bond donors (Lipinski definition) is 0. The van der Waals surface area contributed by atoms with Gasteiger partial charge in [-0.25, -0.2) is 4.39 Å². The third-order valence-electron chi connectivity index (χ3n) is 0.690. The van der Waals surface area contributed by atoms with Gasteiger partial charge in [0.05, 0.1) is 0 Å². The van der Waals surface area contributed by atoms with Gasteiger partial charge in [-0.1, -0.05) is 0 Å². The molecular formula is C4BrF7. The quantitative estimate of drug-likeness (QED) is 0.583. The Kier molecular flexibility index (Phi) is 3.16. The standard InChI is InChI=1S/C4BrF7/c5-1(3(7,8)9)2(6)4(10,11)12. The number of allylic oxidation sites excluding steroid dienone is 2. The SMILES string of the molecule is FC(=C(Br)C(F)(F)F)C(F)(F)F. The molecular weight excluding hydrogens is 261 g/mol. The summed E-state index contributed by atoms with van der Waals surface area (Å²) < 4.78 is 77.3. The molecule has 0 fully saturated rings. The van der Waals surface area contributed by atoms with Crippen LogP contribution in [0.4, 0.5) is 30.7 Å². The van der Waals surface area contributed by atoms with Crippen LogP contribution in [0.15, 0.2) is 10.3 Å². The molecule has 0 aromatic heterocycles. The van der Waals surface area contributed by atoms with E-state index >= 15 is 0 Å². The average Bonchev–Trinajstić information content (AvgIpc) is 1.80. The van der Waals surface area contributed by atoms with Crippen molar-refractivity contribution in [2.75, 3.05) is 0 Å². The summed E-state index contributed by atoms with van der Waals surface area (Å²) in [7, 11) is 0. The van der Waals surface area contributed by atoms with E-state index in [1.165, 1.54) is 15.9 Å². The lowest BCUT2D eigenvalue weighted by molar-refractivity contribution is -0.123. The molecule has 0 amide bonds. The molecule has 0 N–H and O–H groups in total. The molecule has 0 atom stereocenters. The second-order valence-corrected chi connectivity index (χ2v) is 2.42. The van der Waals surface area contributed by atoms with E-state index in [1.54, 1.807) is 0 Å². The van der Waals surface area contributed by atoms with Crippen molar-refractivity contribution in [1.29, 1.82) is 0 Å². The van der Waals surface area contributed by atoms with Crippen LogP contribution in [0.2, 0.25) is 0 Å². The first kappa shape index (κ1) is 11.7. The van der Waals surface area contributed by atoms with Crippen LogP contribution in [0.25, 0.3) is 0 Å². The van der Waals surface area contributed by atoms with Crippen molar-refractivity contribution in [3.8, 4) is 0 Å². The summed E-state index contributed by atoms with van der Waals surface area (Å²) in [6.45, 7) is 0. The maximum absolute atomic E-state index is 11.8. The number of halogens is 8. The zero-order chi connectivity index (χ0) is 10.2. The lowest BCUT2D eigenvalue weighted by Gasteiger charge is -2.08. The van der Waals surface area contributed by atoms with Gasteiger partial charge >= 0.3 is 12.4 Å². The highest BCUT2D eigenvalue weighted by molar-refractivity contribution is 9.11. The molecule has 0 spiro atoms. The minimum absolute atomic E-state index is 1.46. The van der Waals surface area contributed by atoms with Crippen LogP contribution < -0.4 is 0 Å². The summed E-state index contributed by atoms with van der Waals surface area (Å²) in [5, 5.41) is 0. The van der Waals surface area contributed by atoms with Crippen molar-refractivity contribution in [1.82, 2.24) is 0 Å². The van der Waals surface area contributed by atoms with E-state index in [1.807, 2.05) is 0 Å². The summed E-state index contributed by atoms with van der Waals surface area (Å²) >= 11 is 1.46. The topological polar surface area (TPSA) is 0 Å². The number of hydrogen-bond acceptors (Lipinski definition) is 0. The van der Waals surface area contributed by atoms with Gasteiger partial charge in [0.1, 0.15) is 4.48 Å². The molecule has 0 radical (unpaired) electrons. The maximum atomic E-state index is 11.8. The Labute approximate surface area is 70.2 Å². The largest absolute Gasteiger partial charge is 0.444 e. The van der Waals surface area contributed by atoms with E-state index < -0.39 is 22.7 Å². The fourth-order valence-corrected chi connectivity index (χ4v) is 0.474. The van der Waals surface area contributed by atoms with Crippen molar-refractivity contribution >= 4 is 15.9 Å². The van der Waals surface area contributed by atoms with Gasteiger partial charge in [0.15, 0.2) is 0 Å². The minimum Gasteiger partial charge on any atom is -0.201 e. The van der Waals surface area contributed by atoms with E-state index in [0.717, 1.165) is 0 Å². The van der Waals surface area contributed by atoms with Crippen LogP contribution in [-0.4, -0.2) is 12.4 Å². The Morgan fingerprint density at radius 1 is 0.833 bits per heavy atom. The highest BCUT2D eigenvalue weighted by Crippen LogP contribution is 2.39. The van der Waals surface area contributed by atoms with Gasteiger partial charge < -0.3 is 0 Å². The molecule has 0 bridgehead atoms. The molecule has 72 valence electrons. The molecule has 0 aliphatic heterocycles. The molecule has 0 unspecified atom stereocenters. The van der Waals surface area contributed by atoms with Crippen molar-refractivity contribution in [3.05, 3.63) is 10.3 Å². The Morgan fingerprint density at radius 2 is 1.17 bits per heavy atom. The minimum atomic E-state index is -5.62. The second-order valence-electron chi connectivity index (χ2n) is 1.62. The third kappa shape index (κ3) is 3.00. The molecule has 0 rings (SSSR count). The summed E-state index contributed by atoms with van der Waals surface area (Å²) in [6, 6.07) is 0. The van der Waals surface area contributed by atoms with E-state index in [-0.39, 0.29) is 0 Å². The van der Waals surface area contributed by atoms with Gasteiger partial charge in [0.25, 0.3) is 0 Å². The third-order valence-corrected chi connectivity index (χ3v) is 1.49. The van der Waals surface area contributed by atoms with Crippen LogP contribution in [0.1, 0.15) is 0 Å². The van der Waals surface area contributed by atoms with Crippen LogP contribution in [0.5, 0.6) is 0 Å². The summed E-state index contributed by atoms with van der Waals surface area (Å²) in [5.41, 5.74) is 0. The predicted molar refractivity (Wildman–Crippen MR) is 29.2 cm³/mol. The first-order valence-corrected chi connectivity index (χ1v) is 3.05. The Bertz CT molecular complexity index is 174. The highest BCUT2D eigenvalue weighted by Gasteiger charge is 2.45. The molecule has 0 nitrogen and oxygen atoms in total. The summed E-state index contributed by atoms with van der Waals surface area (Å²) in [4.78, 5) is 0. The normalized spacial score (nSPS) is 16.0. The van der Waals surface area contributed by atoms with Gasteiger partial charge in [-0.05, 0) is 15.9 Å². The lowest BCUT2D eigenvalue weighted by Crippen LogP contribution is -2.16. The monoisotopic (exact) mass is 260 g/mol. The first-order valence-electron chi connectivity index (χ1n) is 2.26. The Morgan fingerprint density at radius 3 is 1.25 bits per heavy atom. The predicted octanol–water partition coefficient (Wildman–Crippen LogP) is 3.69. The van der Waals surface area contributed by atoms with Gasteiger partial charge in [-0.2, -0.15) is 26.3 Å². The van der Waals surface area contributed by atoms with Crippen molar-refractivity contribution in [2.24, 2.45) is 0 Å².